The largest absolute Gasteiger partial charge is 0.248 e. The van der Waals surface area contributed by atoms with E-state index in [0.29, 0.717) is 0 Å². The van der Waals surface area contributed by atoms with Gasteiger partial charge in [-0.25, -0.2) is 9.97 Å². The molecule has 0 N–H and O–H groups in total. The van der Waals surface area contributed by atoms with Gasteiger partial charge in [0.15, 0.2) is 0 Å². The Morgan fingerprint density at radius 2 is 0.688 bits per heavy atom. The molecule has 9 aromatic rings. The van der Waals surface area contributed by atoms with Crippen LogP contribution in [-0.4, -0.2) is 9.97 Å². The average molecular weight is 609 g/mol. The number of nitrogens with zero attached hydrogens (tertiary/aromatic N) is 2. The third kappa shape index (κ3) is 3.63. The summed E-state index contributed by atoms with van der Waals surface area (Å²) in [5, 5.41) is 7.35. The molecule has 2 bridgehead atoms. The Kier molecular flexibility index (Phi) is 5.25. The normalized spacial score (nSPS) is 15.9. The number of aromatic nitrogens is 2. The lowest BCUT2D eigenvalue weighted by atomic mass is 9.64. The Bertz CT molecular complexity index is 2540. The van der Waals surface area contributed by atoms with Crippen molar-refractivity contribution in [1.29, 1.82) is 0 Å². The zero-order valence-electron chi connectivity index (χ0n) is 26.1. The number of fused-ring (bicyclic) bond motifs is 4. The van der Waals surface area contributed by atoms with E-state index in [9.17, 15) is 0 Å². The molecule has 222 valence electrons. The summed E-state index contributed by atoms with van der Waals surface area (Å²) in [4.78, 5) is 10.8. The zero-order chi connectivity index (χ0) is 31.3. The summed E-state index contributed by atoms with van der Waals surface area (Å²) in [7, 11) is 0. The highest BCUT2D eigenvalue weighted by Gasteiger charge is 2.43. The summed E-state index contributed by atoms with van der Waals surface area (Å²) in [6.45, 7) is 0. The highest BCUT2D eigenvalue weighted by Crippen LogP contribution is 2.54. The van der Waals surface area contributed by atoms with Gasteiger partial charge in [0.2, 0.25) is 0 Å². The van der Waals surface area contributed by atoms with Gasteiger partial charge in [0, 0.05) is 0 Å². The molecule has 1 aromatic heterocycles. The summed E-state index contributed by atoms with van der Waals surface area (Å²) in [6, 6.07) is 57.7. The lowest BCUT2D eigenvalue weighted by Crippen LogP contribution is -2.29. The summed E-state index contributed by atoms with van der Waals surface area (Å²) in [6.07, 6.45) is 0. The molecule has 0 amide bonds. The number of hydrogen-bond donors (Lipinski definition) is 0. The summed E-state index contributed by atoms with van der Waals surface area (Å²) in [5.41, 5.74) is 14.6. The SMILES string of the molecule is c1ccc(-c2ccc(-c3ccccc3)c3cc4cc5cc6nc7c(nc6cc5cc4cc23)C2c3ccccc3C7c3ccccc32)cc1. The second-order valence-electron chi connectivity index (χ2n) is 13.3. The summed E-state index contributed by atoms with van der Waals surface area (Å²) in [5.74, 6) is 0.228. The Labute approximate surface area is 278 Å². The fourth-order valence-corrected chi connectivity index (χ4v) is 8.58. The first-order valence-electron chi connectivity index (χ1n) is 16.7. The molecule has 0 fully saturated rings. The molecule has 2 heteroatoms. The van der Waals surface area contributed by atoms with E-state index in [1.54, 1.807) is 0 Å². The zero-order valence-corrected chi connectivity index (χ0v) is 26.1. The predicted octanol–water partition coefficient (Wildman–Crippen LogP) is 11.4. The van der Waals surface area contributed by atoms with Gasteiger partial charge in [-0.1, -0.05) is 121 Å². The molecular formula is C46H28N2. The van der Waals surface area contributed by atoms with Crippen LogP contribution >= 0.6 is 0 Å². The predicted molar refractivity (Wildman–Crippen MR) is 198 cm³/mol. The van der Waals surface area contributed by atoms with Gasteiger partial charge >= 0.3 is 0 Å². The lowest BCUT2D eigenvalue weighted by Gasteiger charge is -2.40. The van der Waals surface area contributed by atoms with Crippen molar-refractivity contribution in [2.45, 2.75) is 11.8 Å². The molecule has 1 heterocycles. The van der Waals surface area contributed by atoms with Crippen LogP contribution in [-0.2, 0) is 0 Å². The maximum absolute atomic E-state index is 5.41. The molecule has 0 aliphatic heterocycles. The number of rotatable bonds is 2. The van der Waals surface area contributed by atoms with Crippen molar-refractivity contribution in [2.75, 3.05) is 0 Å². The molecule has 3 aliphatic carbocycles. The van der Waals surface area contributed by atoms with Gasteiger partial charge in [-0.3, -0.25) is 0 Å². The topological polar surface area (TPSA) is 25.8 Å². The Morgan fingerprint density at radius 3 is 1.08 bits per heavy atom. The van der Waals surface area contributed by atoms with Crippen LogP contribution < -0.4 is 0 Å². The second kappa shape index (κ2) is 9.70. The fourth-order valence-electron chi connectivity index (χ4n) is 8.58. The quantitative estimate of drug-likeness (QED) is 0.183. The molecule has 8 aromatic carbocycles. The van der Waals surface area contributed by atoms with E-state index in [1.807, 2.05) is 0 Å². The van der Waals surface area contributed by atoms with Crippen LogP contribution in [0.1, 0.15) is 45.5 Å². The minimum atomic E-state index is 0.114. The van der Waals surface area contributed by atoms with E-state index in [2.05, 4.69) is 158 Å². The maximum atomic E-state index is 5.41. The summed E-state index contributed by atoms with van der Waals surface area (Å²) < 4.78 is 0. The Morgan fingerprint density at radius 1 is 0.333 bits per heavy atom. The first kappa shape index (κ1) is 26.0. The van der Waals surface area contributed by atoms with Gasteiger partial charge < -0.3 is 0 Å². The molecular weight excluding hydrogens is 581 g/mol. The van der Waals surface area contributed by atoms with Crippen LogP contribution in [0.3, 0.4) is 0 Å². The molecule has 48 heavy (non-hydrogen) atoms. The van der Waals surface area contributed by atoms with Crippen molar-refractivity contribution in [2.24, 2.45) is 0 Å². The minimum absolute atomic E-state index is 0.114. The summed E-state index contributed by atoms with van der Waals surface area (Å²) >= 11 is 0. The molecule has 2 nitrogen and oxygen atoms in total. The van der Waals surface area contributed by atoms with Crippen molar-refractivity contribution >= 4 is 43.4 Å². The van der Waals surface area contributed by atoms with Crippen molar-refractivity contribution in [3.05, 3.63) is 191 Å². The molecule has 0 spiro atoms. The molecule has 0 radical (unpaired) electrons. The van der Waals surface area contributed by atoms with E-state index in [1.165, 1.54) is 76.8 Å². The maximum Gasteiger partial charge on any atom is 0.0897 e. The van der Waals surface area contributed by atoms with Crippen molar-refractivity contribution in [3.63, 3.8) is 0 Å². The molecule has 0 saturated heterocycles. The molecule has 0 saturated carbocycles. The van der Waals surface area contributed by atoms with Crippen LogP contribution in [0.4, 0.5) is 0 Å². The third-order valence-corrected chi connectivity index (χ3v) is 10.7. The highest BCUT2D eigenvalue weighted by molar-refractivity contribution is 6.13. The van der Waals surface area contributed by atoms with Crippen molar-refractivity contribution < 1.29 is 0 Å². The van der Waals surface area contributed by atoms with Crippen molar-refractivity contribution in [1.82, 2.24) is 9.97 Å². The van der Waals surface area contributed by atoms with Crippen LogP contribution in [0.5, 0.6) is 0 Å². The van der Waals surface area contributed by atoms with Gasteiger partial charge in [0.25, 0.3) is 0 Å². The first-order chi connectivity index (χ1) is 23.8. The second-order valence-corrected chi connectivity index (χ2v) is 13.3. The highest BCUT2D eigenvalue weighted by atomic mass is 14.9. The fraction of sp³-hybridized carbons (Fsp3) is 0.0435. The molecule has 12 rings (SSSR count). The molecule has 3 aliphatic rings. The van der Waals surface area contributed by atoms with E-state index in [0.717, 1.165) is 22.4 Å². The third-order valence-electron chi connectivity index (χ3n) is 10.7. The van der Waals surface area contributed by atoms with Gasteiger partial charge in [-0.2, -0.15) is 0 Å². The van der Waals surface area contributed by atoms with Gasteiger partial charge in [0.1, 0.15) is 0 Å². The van der Waals surface area contributed by atoms with E-state index in [-0.39, 0.29) is 11.8 Å². The van der Waals surface area contributed by atoms with E-state index >= 15 is 0 Å². The van der Waals surface area contributed by atoms with E-state index < -0.39 is 0 Å². The van der Waals surface area contributed by atoms with Crippen LogP contribution in [0.25, 0.3) is 65.6 Å². The van der Waals surface area contributed by atoms with Gasteiger partial charge in [-0.05, 0) is 113 Å². The van der Waals surface area contributed by atoms with Crippen LogP contribution in [0.2, 0.25) is 0 Å². The lowest BCUT2D eigenvalue weighted by molar-refractivity contribution is 0.709. The Hall–Kier alpha value is -6.12. The minimum Gasteiger partial charge on any atom is -0.248 e. The van der Waals surface area contributed by atoms with Crippen LogP contribution in [0.15, 0.2) is 158 Å². The van der Waals surface area contributed by atoms with Crippen molar-refractivity contribution in [3.8, 4) is 22.3 Å². The standard InChI is InChI=1S/C46H28N2/c1-3-11-27(12-4-1)33-19-20-34(28-13-5-2-6-14-28)40-24-30-22-32-26-42-41(25-31(32)21-29(30)23-39(33)40)47-45-43-35-15-7-9-17-37(35)44(46(45)48-42)38-18-10-8-16-36(38)43/h1-26,43-44H. The van der Waals surface area contributed by atoms with Gasteiger partial charge in [0.05, 0.1) is 34.3 Å². The van der Waals surface area contributed by atoms with E-state index in [4.69, 9.17) is 9.97 Å². The smallest absolute Gasteiger partial charge is 0.0897 e. The van der Waals surface area contributed by atoms with Crippen LogP contribution in [0, 0.1) is 0 Å². The Balaban J connectivity index is 1.15. The van der Waals surface area contributed by atoms with Gasteiger partial charge in [-0.15, -0.1) is 0 Å². The number of hydrogen-bond acceptors (Lipinski definition) is 2. The molecule has 0 atom stereocenters. The first-order valence-corrected chi connectivity index (χ1v) is 16.7. The average Bonchev–Trinajstić information content (AvgIpc) is 3.14. The number of benzene rings is 8. The molecule has 0 unspecified atom stereocenters. The monoisotopic (exact) mass is 608 g/mol.